The predicted octanol–water partition coefficient (Wildman–Crippen LogP) is 0.948. The van der Waals surface area contributed by atoms with Gasteiger partial charge in [-0.3, -0.25) is 0 Å². The summed E-state index contributed by atoms with van der Waals surface area (Å²) in [6, 6.07) is 1.92. The van der Waals surface area contributed by atoms with Crippen molar-refractivity contribution in [3.05, 3.63) is 17.8 Å². The highest BCUT2D eigenvalue weighted by molar-refractivity contribution is 7.80. The smallest absolute Gasteiger partial charge is 0.159 e. The fourth-order valence-electron chi connectivity index (χ4n) is 1.29. The van der Waals surface area contributed by atoms with Gasteiger partial charge in [0.15, 0.2) is 5.82 Å². The Morgan fingerprint density at radius 1 is 1.69 bits per heavy atom. The Labute approximate surface area is 100 Å². The molecule has 1 heterocycles. The van der Waals surface area contributed by atoms with Crippen LogP contribution in [0.2, 0.25) is 0 Å². The Bertz CT molecular complexity index is 358. The fraction of sp³-hybridized carbons (Fsp3) is 0.500. The Balaban J connectivity index is 2.82. The van der Waals surface area contributed by atoms with Crippen LogP contribution in [0.3, 0.4) is 0 Å². The minimum absolute atomic E-state index is 0.176. The van der Waals surface area contributed by atoms with E-state index in [1.54, 1.807) is 19.4 Å². The van der Waals surface area contributed by atoms with Gasteiger partial charge in [0.2, 0.25) is 0 Å². The SMILES string of the molecule is CCC(COC)Nc1nnccc1C(N)=S. The normalized spacial score (nSPS) is 12.1. The highest BCUT2D eigenvalue weighted by Crippen LogP contribution is 2.12. The largest absolute Gasteiger partial charge is 0.389 e. The molecule has 16 heavy (non-hydrogen) atoms. The summed E-state index contributed by atoms with van der Waals surface area (Å²) >= 11 is 4.94. The number of hydrogen-bond donors (Lipinski definition) is 2. The second-order valence-electron chi connectivity index (χ2n) is 3.36. The topological polar surface area (TPSA) is 73.1 Å². The number of nitrogens with two attached hydrogens (primary N) is 1. The summed E-state index contributed by atoms with van der Waals surface area (Å²) in [5.41, 5.74) is 6.31. The third kappa shape index (κ3) is 3.39. The van der Waals surface area contributed by atoms with Crippen molar-refractivity contribution in [2.45, 2.75) is 19.4 Å². The Morgan fingerprint density at radius 2 is 2.44 bits per heavy atom. The van der Waals surface area contributed by atoms with Crippen molar-refractivity contribution < 1.29 is 4.74 Å². The summed E-state index contributed by atoms with van der Waals surface area (Å²) < 4.78 is 5.09. The number of methoxy groups -OCH3 is 1. The van der Waals surface area contributed by atoms with E-state index in [0.29, 0.717) is 23.0 Å². The van der Waals surface area contributed by atoms with Crippen molar-refractivity contribution in [2.75, 3.05) is 19.0 Å². The molecular formula is C10H16N4OS. The van der Waals surface area contributed by atoms with Gasteiger partial charge in [-0.1, -0.05) is 19.1 Å². The Kier molecular flexibility index (Phi) is 5.07. The summed E-state index contributed by atoms with van der Waals surface area (Å²) in [4.78, 5) is 0.310. The molecule has 0 saturated carbocycles. The number of thiocarbonyl (C=S) groups is 1. The van der Waals surface area contributed by atoms with Crippen molar-refractivity contribution in [1.29, 1.82) is 0 Å². The molecule has 3 N–H and O–H groups in total. The number of rotatable bonds is 6. The maximum atomic E-state index is 5.60. The van der Waals surface area contributed by atoms with Gasteiger partial charge >= 0.3 is 0 Å². The summed E-state index contributed by atoms with van der Waals surface area (Å²) in [5, 5.41) is 11.0. The molecule has 1 aromatic heterocycles. The summed E-state index contributed by atoms with van der Waals surface area (Å²) in [6.45, 7) is 2.66. The van der Waals surface area contributed by atoms with Crippen LogP contribution in [-0.4, -0.2) is 34.9 Å². The second-order valence-corrected chi connectivity index (χ2v) is 3.80. The lowest BCUT2D eigenvalue weighted by atomic mass is 10.2. The molecule has 0 fully saturated rings. The second kappa shape index (κ2) is 6.34. The molecule has 1 atom stereocenters. The van der Waals surface area contributed by atoms with Crippen molar-refractivity contribution >= 4 is 23.0 Å². The van der Waals surface area contributed by atoms with Crippen LogP contribution in [0.1, 0.15) is 18.9 Å². The fourth-order valence-corrected chi connectivity index (χ4v) is 1.46. The van der Waals surface area contributed by atoms with Crippen LogP contribution < -0.4 is 11.1 Å². The molecule has 0 radical (unpaired) electrons. The van der Waals surface area contributed by atoms with Gasteiger partial charge in [-0.15, -0.1) is 5.10 Å². The first-order chi connectivity index (χ1) is 7.69. The van der Waals surface area contributed by atoms with Crippen molar-refractivity contribution in [1.82, 2.24) is 10.2 Å². The minimum Gasteiger partial charge on any atom is -0.389 e. The molecule has 1 rings (SSSR count). The zero-order chi connectivity index (χ0) is 12.0. The number of nitrogens with zero attached hydrogens (tertiary/aromatic N) is 2. The number of aromatic nitrogens is 2. The summed E-state index contributed by atoms with van der Waals surface area (Å²) in [6.07, 6.45) is 2.48. The molecule has 0 amide bonds. The lowest BCUT2D eigenvalue weighted by Crippen LogP contribution is -2.26. The first-order valence-corrected chi connectivity index (χ1v) is 5.46. The van der Waals surface area contributed by atoms with Gasteiger partial charge in [-0.05, 0) is 12.5 Å². The molecule has 0 bridgehead atoms. The van der Waals surface area contributed by atoms with E-state index in [1.165, 1.54) is 0 Å². The molecule has 0 spiro atoms. The molecule has 1 aromatic rings. The van der Waals surface area contributed by atoms with E-state index in [9.17, 15) is 0 Å². The quantitative estimate of drug-likeness (QED) is 0.721. The maximum Gasteiger partial charge on any atom is 0.159 e. The molecule has 0 aliphatic heterocycles. The molecule has 88 valence electrons. The lowest BCUT2D eigenvalue weighted by molar-refractivity contribution is 0.184. The molecule has 0 aromatic carbocycles. The number of ether oxygens (including phenoxy) is 1. The van der Waals surface area contributed by atoms with Gasteiger partial charge in [0.1, 0.15) is 4.99 Å². The van der Waals surface area contributed by atoms with E-state index in [4.69, 9.17) is 22.7 Å². The lowest BCUT2D eigenvalue weighted by Gasteiger charge is -2.17. The monoisotopic (exact) mass is 240 g/mol. The van der Waals surface area contributed by atoms with Gasteiger partial charge in [-0.25, -0.2) is 0 Å². The van der Waals surface area contributed by atoms with Crippen molar-refractivity contribution in [3.63, 3.8) is 0 Å². The summed E-state index contributed by atoms with van der Waals surface area (Å²) in [5.74, 6) is 0.610. The van der Waals surface area contributed by atoms with Gasteiger partial charge < -0.3 is 15.8 Å². The van der Waals surface area contributed by atoms with Crippen LogP contribution in [0, 0.1) is 0 Å². The van der Waals surface area contributed by atoms with Crippen molar-refractivity contribution in [2.24, 2.45) is 5.73 Å². The molecule has 0 saturated heterocycles. The highest BCUT2D eigenvalue weighted by Gasteiger charge is 2.11. The van der Waals surface area contributed by atoms with E-state index >= 15 is 0 Å². The van der Waals surface area contributed by atoms with Crippen LogP contribution in [-0.2, 0) is 4.74 Å². The molecule has 1 unspecified atom stereocenters. The minimum atomic E-state index is 0.176. The third-order valence-electron chi connectivity index (χ3n) is 2.19. The van der Waals surface area contributed by atoms with E-state index in [1.807, 2.05) is 0 Å². The zero-order valence-electron chi connectivity index (χ0n) is 9.43. The van der Waals surface area contributed by atoms with Crippen LogP contribution in [0.15, 0.2) is 12.3 Å². The predicted molar refractivity (Wildman–Crippen MR) is 67.5 cm³/mol. The van der Waals surface area contributed by atoms with Gasteiger partial charge in [0.25, 0.3) is 0 Å². The zero-order valence-corrected chi connectivity index (χ0v) is 10.3. The Hall–Kier alpha value is -1.27. The first kappa shape index (κ1) is 12.8. The number of nitrogens with one attached hydrogen (secondary N) is 1. The standard InChI is InChI=1S/C10H16N4OS/c1-3-7(6-15-2)13-10-8(9(11)16)4-5-12-14-10/h4-5,7H,3,6H2,1-2H3,(H2,11,16)(H,13,14). The van der Waals surface area contributed by atoms with Gasteiger partial charge in [-0.2, -0.15) is 5.10 Å². The highest BCUT2D eigenvalue weighted by atomic mass is 32.1. The average Bonchev–Trinajstić information content (AvgIpc) is 2.29. The van der Waals surface area contributed by atoms with E-state index < -0.39 is 0 Å². The van der Waals surface area contributed by atoms with Crippen LogP contribution in [0.4, 0.5) is 5.82 Å². The van der Waals surface area contributed by atoms with E-state index in [2.05, 4.69) is 22.4 Å². The van der Waals surface area contributed by atoms with E-state index in [0.717, 1.165) is 6.42 Å². The van der Waals surface area contributed by atoms with Gasteiger partial charge in [0, 0.05) is 7.11 Å². The summed E-state index contributed by atoms with van der Waals surface area (Å²) in [7, 11) is 1.66. The molecule has 0 aliphatic rings. The molecular weight excluding hydrogens is 224 g/mol. The molecule has 5 nitrogen and oxygen atoms in total. The van der Waals surface area contributed by atoms with Crippen LogP contribution >= 0.6 is 12.2 Å². The third-order valence-corrected chi connectivity index (χ3v) is 2.41. The maximum absolute atomic E-state index is 5.60. The first-order valence-electron chi connectivity index (χ1n) is 5.06. The van der Waals surface area contributed by atoms with Crippen LogP contribution in [0.5, 0.6) is 0 Å². The van der Waals surface area contributed by atoms with E-state index in [-0.39, 0.29) is 6.04 Å². The van der Waals surface area contributed by atoms with Crippen LogP contribution in [0.25, 0.3) is 0 Å². The Morgan fingerprint density at radius 3 is 3.00 bits per heavy atom. The van der Waals surface area contributed by atoms with Gasteiger partial charge in [0.05, 0.1) is 24.4 Å². The van der Waals surface area contributed by atoms with Crippen molar-refractivity contribution in [3.8, 4) is 0 Å². The number of hydrogen-bond acceptors (Lipinski definition) is 5. The molecule has 0 aliphatic carbocycles. The number of anilines is 1. The molecule has 6 heteroatoms. The average molecular weight is 240 g/mol.